The molecule has 0 spiro atoms. The van der Waals surface area contributed by atoms with Gasteiger partial charge in [-0.15, -0.1) is 0 Å². The van der Waals surface area contributed by atoms with E-state index in [2.05, 4.69) is 45.0 Å². The van der Waals surface area contributed by atoms with E-state index in [1.807, 2.05) is 36.4 Å². The highest BCUT2D eigenvalue weighted by atomic mass is 16.5. The minimum absolute atomic E-state index is 0.259. The van der Waals surface area contributed by atoms with Crippen LogP contribution >= 0.6 is 0 Å². The third-order valence-electron chi connectivity index (χ3n) is 7.44. The van der Waals surface area contributed by atoms with E-state index >= 15 is 0 Å². The summed E-state index contributed by atoms with van der Waals surface area (Å²) in [5, 5.41) is 2.27. The van der Waals surface area contributed by atoms with Crippen LogP contribution in [-0.2, 0) is 11.3 Å². The van der Waals surface area contributed by atoms with Crippen LogP contribution < -0.4 is 9.47 Å². The number of fused-ring (bicyclic) bond motifs is 1. The van der Waals surface area contributed by atoms with Crippen molar-refractivity contribution in [3.63, 3.8) is 0 Å². The molecule has 3 aromatic carbocycles. The zero-order chi connectivity index (χ0) is 28.4. The van der Waals surface area contributed by atoms with Gasteiger partial charge >= 0.3 is 5.97 Å². The average Bonchev–Trinajstić information content (AvgIpc) is 2.98. The molecule has 0 fully saturated rings. The van der Waals surface area contributed by atoms with E-state index in [-0.39, 0.29) is 5.97 Å². The first kappa shape index (κ1) is 31.5. The molecule has 4 heteroatoms. The second-order valence-electron chi connectivity index (χ2n) is 11.2. The molecule has 218 valence electrons. The Morgan fingerprint density at radius 3 is 1.90 bits per heavy atom. The molecule has 0 aliphatic rings. The first-order valence-corrected chi connectivity index (χ1v) is 15.6. The molecule has 4 nitrogen and oxygen atoms in total. The predicted octanol–water partition coefficient (Wildman–Crippen LogP) is 10.3. The van der Waals surface area contributed by atoms with E-state index in [0.717, 1.165) is 47.3 Å². The normalized spacial score (nSPS) is 11.9. The summed E-state index contributed by atoms with van der Waals surface area (Å²) < 4.78 is 17.6. The Bertz CT molecular complexity index is 1120. The first-order valence-electron chi connectivity index (χ1n) is 15.6. The number of benzene rings is 3. The van der Waals surface area contributed by atoms with Crippen molar-refractivity contribution in [1.29, 1.82) is 0 Å². The van der Waals surface area contributed by atoms with Gasteiger partial charge in [0, 0.05) is 0 Å². The van der Waals surface area contributed by atoms with Crippen LogP contribution in [0.5, 0.6) is 11.5 Å². The van der Waals surface area contributed by atoms with E-state index in [9.17, 15) is 4.79 Å². The van der Waals surface area contributed by atoms with Gasteiger partial charge in [0.05, 0.1) is 18.8 Å². The number of rotatable bonds is 20. The van der Waals surface area contributed by atoms with Crippen LogP contribution in [0.1, 0.15) is 114 Å². The van der Waals surface area contributed by atoms with Crippen LogP contribution in [0.4, 0.5) is 0 Å². The molecule has 0 saturated carbocycles. The largest absolute Gasteiger partial charge is 0.494 e. The van der Waals surface area contributed by atoms with Crippen molar-refractivity contribution >= 4 is 16.7 Å². The minimum atomic E-state index is -0.259. The van der Waals surface area contributed by atoms with Gasteiger partial charge < -0.3 is 14.2 Å². The van der Waals surface area contributed by atoms with E-state index in [1.165, 1.54) is 64.2 Å². The topological polar surface area (TPSA) is 44.8 Å². The van der Waals surface area contributed by atoms with Crippen LogP contribution in [0.25, 0.3) is 10.8 Å². The maximum atomic E-state index is 12.4. The summed E-state index contributed by atoms with van der Waals surface area (Å²) in [5.74, 6) is 1.88. The molecule has 0 N–H and O–H groups in total. The molecule has 3 rings (SSSR count). The smallest absolute Gasteiger partial charge is 0.338 e. The van der Waals surface area contributed by atoms with Crippen LogP contribution in [-0.4, -0.2) is 19.2 Å². The Kier molecular flexibility index (Phi) is 14.5. The van der Waals surface area contributed by atoms with E-state index < -0.39 is 0 Å². The summed E-state index contributed by atoms with van der Waals surface area (Å²) in [5.41, 5.74) is 1.59. The molecule has 0 aliphatic heterocycles. The molecule has 0 aromatic heterocycles. The molecule has 0 bridgehead atoms. The van der Waals surface area contributed by atoms with Crippen molar-refractivity contribution in [3.8, 4) is 11.5 Å². The zero-order valence-electron chi connectivity index (χ0n) is 25.1. The average molecular weight is 547 g/mol. The summed E-state index contributed by atoms with van der Waals surface area (Å²) in [6.07, 6.45) is 15.2. The highest BCUT2D eigenvalue weighted by Gasteiger charge is 2.10. The molecule has 3 aromatic rings. The predicted molar refractivity (Wildman–Crippen MR) is 166 cm³/mol. The summed E-state index contributed by atoms with van der Waals surface area (Å²) in [6.45, 7) is 8.29. The van der Waals surface area contributed by atoms with Crippen molar-refractivity contribution in [2.45, 2.75) is 104 Å². The Hall–Kier alpha value is -3.01. The third-order valence-corrected chi connectivity index (χ3v) is 7.44. The monoisotopic (exact) mass is 546 g/mol. The standard InChI is InChI=1S/C36H50O4/c1-4-6-8-9-10-11-12-14-24-38-34-22-20-33-26-35(23-21-32(33)25-34)39-28-30-16-18-31(19-17-30)36(37)40-27-29(3)15-13-7-5-2/h16-23,25-26,29H,4-15,24,27-28H2,1-3H3/t29-/m1/s1. The van der Waals surface area contributed by atoms with Gasteiger partial charge in [0.15, 0.2) is 0 Å². The summed E-state index contributed by atoms with van der Waals surface area (Å²) in [6, 6.07) is 19.9. The van der Waals surface area contributed by atoms with Gasteiger partial charge in [-0.05, 0) is 71.5 Å². The SMILES string of the molecule is CCCCCCCCCCOc1ccc2cc(OCc3ccc(C(=O)OC[C@H](C)CCCCC)cc3)ccc2c1. The van der Waals surface area contributed by atoms with Gasteiger partial charge in [0.1, 0.15) is 18.1 Å². The van der Waals surface area contributed by atoms with Crippen molar-refractivity contribution < 1.29 is 19.0 Å². The fourth-order valence-corrected chi connectivity index (χ4v) is 4.84. The van der Waals surface area contributed by atoms with Gasteiger partial charge in [-0.25, -0.2) is 4.79 Å². The highest BCUT2D eigenvalue weighted by molar-refractivity contribution is 5.89. The zero-order valence-corrected chi connectivity index (χ0v) is 25.1. The quantitative estimate of drug-likeness (QED) is 0.104. The lowest BCUT2D eigenvalue weighted by atomic mass is 10.0. The van der Waals surface area contributed by atoms with Crippen molar-refractivity contribution in [3.05, 3.63) is 71.8 Å². The minimum Gasteiger partial charge on any atom is -0.494 e. The maximum Gasteiger partial charge on any atom is 0.338 e. The molecule has 0 saturated heterocycles. The molecule has 40 heavy (non-hydrogen) atoms. The lowest BCUT2D eigenvalue weighted by Gasteiger charge is -2.12. The number of hydrogen-bond donors (Lipinski definition) is 0. The molecule has 0 aliphatic carbocycles. The number of carbonyl (C=O) groups is 1. The lowest BCUT2D eigenvalue weighted by molar-refractivity contribution is 0.0442. The fourth-order valence-electron chi connectivity index (χ4n) is 4.84. The van der Waals surface area contributed by atoms with Crippen LogP contribution in [0.2, 0.25) is 0 Å². The second-order valence-corrected chi connectivity index (χ2v) is 11.2. The Labute approximate surface area is 242 Å². The third kappa shape index (κ3) is 11.6. The summed E-state index contributed by atoms with van der Waals surface area (Å²) in [7, 11) is 0. The van der Waals surface area contributed by atoms with Crippen molar-refractivity contribution in [2.24, 2.45) is 5.92 Å². The Morgan fingerprint density at radius 1 is 0.675 bits per heavy atom. The summed E-state index contributed by atoms with van der Waals surface area (Å²) >= 11 is 0. The van der Waals surface area contributed by atoms with Gasteiger partial charge in [0.25, 0.3) is 0 Å². The molecule has 0 unspecified atom stereocenters. The van der Waals surface area contributed by atoms with Gasteiger partial charge in [-0.2, -0.15) is 0 Å². The molecule has 0 radical (unpaired) electrons. The summed E-state index contributed by atoms with van der Waals surface area (Å²) in [4.78, 5) is 12.4. The number of carbonyl (C=O) groups excluding carboxylic acids is 1. The first-order chi connectivity index (χ1) is 19.6. The molecule has 0 amide bonds. The van der Waals surface area contributed by atoms with Crippen LogP contribution in [0.15, 0.2) is 60.7 Å². The number of ether oxygens (including phenoxy) is 3. The van der Waals surface area contributed by atoms with Gasteiger partial charge in [-0.1, -0.05) is 109 Å². The van der Waals surface area contributed by atoms with Crippen LogP contribution in [0.3, 0.4) is 0 Å². The maximum absolute atomic E-state index is 12.4. The van der Waals surface area contributed by atoms with E-state index in [4.69, 9.17) is 14.2 Å². The van der Waals surface area contributed by atoms with E-state index in [1.54, 1.807) is 0 Å². The Balaban J connectivity index is 1.38. The van der Waals surface area contributed by atoms with Gasteiger partial charge in [-0.3, -0.25) is 0 Å². The molecular weight excluding hydrogens is 496 g/mol. The highest BCUT2D eigenvalue weighted by Crippen LogP contribution is 2.26. The Morgan fingerprint density at radius 2 is 1.25 bits per heavy atom. The van der Waals surface area contributed by atoms with Crippen molar-refractivity contribution in [2.75, 3.05) is 13.2 Å². The van der Waals surface area contributed by atoms with Crippen LogP contribution in [0, 0.1) is 5.92 Å². The second kappa shape index (κ2) is 18.4. The van der Waals surface area contributed by atoms with Crippen molar-refractivity contribution in [1.82, 2.24) is 0 Å². The fraction of sp³-hybridized carbons (Fsp3) is 0.528. The number of unbranched alkanes of at least 4 members (excludes halogenated alkanes) is 9. The molecule has 1 atom stereocenters. The number of esters is 1. The lowest BCUT2D eigenvalue weighted by Crippen LogP contribution is -2.12. The van der Waals surface area contributed by atoms with Gasteiger partial charge in [0.2, 0.25) is 0 Å². The number of hydrogen-bond acceptors (Lipinski definition) is 4. The molecular formula is C36H50O4. The molecule has 0 heterocycles. The van der Waals surface area contributed by atoms with E-state index in [0.29, 0.717) is 24.7 Å².